The Kier molecular flexibility index (Phi) is 10.3. The second-order valence-corrected chi connectivity index (χ2v) is 11.4. The zero-order valence-electron chi connectivity index (χ0n) is 23.2. The largest absolute Gasteiger partial charge is 0.495 e. The standard InChI is InChI=1S/C30H26F3IN2O6S/c1-4-41-24-12-19(11-21(34)27(24)42-16-18-7-5-6-17(2)10-18)13-25-28(38)36(29(39)43-25)15-26(37)35-22-14-20(30(31,32)33)8-9-23(22)40-3/h5-14H,4,15-16H2,1-3H3,(H,35,37)/b25-13-. The lowest BCUT2D eigenvalue weighted by Gasteiger charge is -2.16. The van der Waals surface area contributed by atoms with Gasteiger partial charge in [-0.1, -0.05) is 29.8 Å². The summed E-state index contributed by atoms with van der Waals surface area (Å²) in [6, 6.07) is 14.0. The molecule has 13 heteroatoms. The van der Waals surface area contributed by atoms with Gasteiger partial charge < -0.3 is 19.5 Å². The number of benzene rings is 3. The summed E-state index contributed by atoms with van der Waals surface area (Å²) in [5, 5.41) is 1.60. The first-order valence-electron chi connectivity index (χ1n) is 12.8. The lowest BCUT2D eigenvalue weighted by atomic mass is 10.1. The van der Waals surface area contributed by atoms with Crippen molar-refractivity contribution in [1.82, 2.24) is 4.90 Å². The smallest absolute Gasteiger partial charge is 0.416 e. The third-order valence-electron chi connectivity index (χ3n) is 6.07. The Morgan fingerprint density at radius 2 is 1.84 bits per heavy atom. The topological polar surface area (TPSA) is 94.2 Å². The molecule has 3 aromatic carbocycles. The van der Waals surface area contributed by atoms with E-state index in [-0.39, 0.29) is 16.3 Å². The number of carbonyl (C=O) groups is 3. The van der Waals surface area contributed by atoms with E-state index in [4.69, 9.17) is 14.2 Å². The van der Waals surface area contributed by atoms with Gasteiger partial charge in [0.15, 0.2) is 11.5 Å². The third-order valence-corrected chi connectivity index (χ3v) is 7.78. The highest BCUT2D eigenvalue weighted by atomic mass is 127. The molecule has 4 rings (SSSR count). The zero-order valence-corrected chi connectivity index (χ0v) is 26.2. The summed E-state index contributed by atoms with van der Waals surface area (Å²) < 4.78 is 57.1. The molecular weight excluding hydrogens is 700 g/mol. The summed E-state index contributed by atoms with van der Waals surface area (Å²) in [6.45, 7) is 3.81. The molecular formula is C30H26F3IN2O6S. The molecule has 8 nitrogen and oxygen atoms in total. The quantitative estimate of drug-likeness (QED) is 0.174. The van der Waals surface area contributed by atoms with Crippen molar-refractivity contribution in [3.63, 3.8) is 0 Å². The van der Waals surface area contributed by atoms with E-state index in [0.29, 0.717) is 42.0 Å². The molecule has 1 saturated heterocycles. The molecule has 0 spiro atoms. The maximum atomic E-state index is 13.2. The number of hydrogen-bond donors (Lipinski definition) is 1. The van der Waals surface area contributed by atoms with Crippen molar-refractivity contribution >= 4 is 63.2 Å². The summed E-state index contributed by atoms with van der Waals surface area (Å²) in [4.78, 5) is 39.2. The normalized spacial score (nSPS) is 14.3. The van der Waals surface area contributed by atoms with Crippen LogP contribution in [0.5, 0.6) is 17.2 Å². The average Bonchev–Trinajstić information content (AvgIpc) is 3.19. The minimum absolute atomic E-state index is 0.0126. The molecule has 0 radical (unpaired) electrons. The fraction of sp³-hybridized carbons (Fsp3) is 0.233. The number of amides is 3. The van der Waals surface area contributed by atoms with Crippen molar-refractivity contribution < 1.29 is 41.8 Å². The van der Waals surface area contributed by atoms with Gasteiger partial charge >= 0.3 is 6.18 Å². The number of methoxy groups -OCH3 is 1. The zero-order chi connectivity index (χ0) is 31.3. The van der Waals surface area contributed by atoms with E-state index >= 15 is 0 Å². The number of nitrogens with one attached hydrogen (secondary N) is 1. The predicted octanol–water partition coefficient (Wildman–Crippen LogP) is 7.28. The number of carbonyl (C=O) groups excluding carboxylic acids is 3. The molecule has 1 aliphatic rings. The molecule has 1 aliphatic heterocycles. The van der Waals surface area contributed by atoms with Crippen molar-refractivity contribution in [3.8, 4) is 17.2 Å². The maximum absolute atomic E-state index is 13.2. The number of halogens is 4. The predicted molar refractivity (Wildman–Crippen MR) is 165 cm³/mol. The van der Waals surface area contributed by atoms with Gasteiger partial charge in [0, 0.05) is 0 Å². The van der Waals surface area contributed by atoms with Gasteiger partial charge in [-0.25, -0.2) is 0 Å². The van der Waals surface area contributed by atoms with Crippen molar-refractivity contribution in [2.24, 2.45) is 0 Å². The molecule has 0 atom stereocenters. The number of hydrogen-bond acceptors (Lipinski definition) is 7. The number of aryl methyl sites for hydroxylation is 1. The fourth-order valence-corrected chi connectivity index (χ4v) is 5.75. The van der Waals surface area contributed by atoms with Crippen LogP contribution >= 0.6 is 34.4 Å². The van der Waals surface area contributed by atoms with Gasteiger partial charge in [-0.3, -0.25) is 19.3 Å². The van der Waals surface area contributed by atoms with Crippen LogP contribution in [0.15, 0.2) is 59.5 Å². The molecule has 0 aromatic heterocycles. The summed E-state index contributed by atoms with van der Waals surface area (Å²) in [7, 11) is 1.24. The van der Waals surface area contributed by atoms with Crippen LogP contribution in [0.25, 0.3) is 6.08 Å². The summed E-state index contributed by atoms with van der Waals surface area (Å²) in [5.41, 5.74) is 1.43. The molecule has 1 fully saturated rings. The lowest BCUT2D eigenvalue weighted by molar-refractivity contribution is -0.137. The van der Waals surface area contributed by atoms with Gasteiger partial charge in [-0.05, 0) is 95.7 Å². The highest BCUT2D eigenvalue weighted by molar-refractivity contribution is 14.1. The summed E-state index contributed by atoms with van der Waals surface area (Å²) >= 11 is 2.75. The number of imide groups is 1. The Hall–Kier alpha value is -3.72. The highest BCUT2D eigenvalue weighted by Crippen LogP contribution is 2.38. The number of alkyl halides is 3. The number of rotatable bonds is 10. The van der Waals surface area contributed by atoms with Crippen LogP contribution < -0.4 is 19.5 Å². The Morgan fingerprint density at radius 3 is 2.51 bits per heavy atom. The first-order valence-corrected chi connectivity index (χ1v) is 14.7. The van der Waals surface area contributed by atoms with Gasteiger partial charge in [0.25, 0.3) is 11.1 Å². The lowest BCUT2D eigenvalue weighted by Crippen LogP contribution is -2.36. The Morgan fingerprint density at radius 1 is 1.07 bits per heavy atom. The van der Waals surface area contributed by atoms with Crippen molar-refractivity contribution in [1.29, 1.82) is 0 Å². The van der Waals surface area contributed by atoms with E-state index < -0.39 is 35.3 Å². The van der Waals surface area contributed by atoms with Crippen LogP contribution in [0.3, 0.4) is 0 Å². The van der Waals surface area contributed by atoms with Crippen LogP contribution in [0, 0.1) is 10.5 Å². The van der Waals surface area contributed by atoms with Crippen molar-refractivity contribution in [3.05, 3.63) is 85.3 Å². The number of thioether (sulfide) groups is 1. The molecule has 226 valence electrons. The minimum atomic E-state index is -4.64. The van der Waals surface area contributed by atoms with Crippen molar-refractivity contribution in [2.75, 3.05) is 25.6 Å². The molecule has 43 heavy (non-hydrogen) atoms. The fourth-order valence-electron chi connectivity index (χ4n) is 4.13. The molecule has 0 saturated carbocycles. The number of nitrogens with zero attached hydrogens (tertiary/aromatic N) is 1. The van der Waals surface area contributed by atoms with Crippen LogP contribution in [0.4, 0.5) is 23.7 Å². The second-order valence-electron chi connectivity index (χ2n) is 9.27. The Bertz CT molecular complexity index is 1590. The van der Waals surface area contributed by atoms with Gasteiger partial charge in [0.05, 0.1) is 33.4 Å². The van der Waals surface area contributed by atoms with E-state index in [9.17, 15) is 27.6 Å². The van der Waals surface area contributed by atoms with Gasteiger partial charge in [0.2, 0.25) is 5.91 Å². The first-order chi connectivity index (χ1) is 20.4. The minimum Gasteiger partial charge on any atom is -0.495 e. The van der Waals surface area contributed by atoms with Crippen LogP contribution in [-0.4, -0.2) is 42.2 Å². The second kappa shape index (κ2) is 13.7. The Labute approximate surface area is 263 Å². The maximum Gasteiger partial charge on any atom is 0.416 e. The molecule has 0 unspecified atom stereocenters. The molecule has 1 heterocycles. The van der Waals surface area contributed by atoms with Gasteiger partial charge in [-0.2, -0.15) is 13.2 Å². The number of anilines is 1. The van der Waals surface area contributed by atoms with Gasteiger partial charge in [0.1, 0.15) is 18.9 Å². The highest BCUT2D eigenvalue weighted by Gasteiger charge is 2.37. The molecule has 1 N–H and O–H groups in total. The van der Waals surface area contributed by atoms with E-state index in [2.05, 4.69) is 27.9 Å². The van der Waals surface area contributed by atoms with Crippen LogP contribution in [0.1, 0.15) is 29.2 Å². The molecule has 3 aromatic rings. The van der Waals surface area contributed by atoms with Gasteiger partial charge in [-0.15, -0.1) is 0 Å². The van der Waals surface area contributed by atoms with E-state index in [1.54, 1.807) is 12.1 Å². The van der Waals surface area contributed by atoms with E-state index in [1.807, 2.05) is 38.1 Å². The third kappa shape index (κ3) is 8.02. The van der Waals surface area contributed by atoms with Crippen molar-refractivity contribution in [2.45, 2.75) is 26.6 Å². The average molecular weight is 727 g/mol. The summed E-state index contributed by atoms with van der Waals surface area (Å²) in [5.74, 6) is -0.599. The van der Waals surface area contributed by atoms with Crippen LogP contribution in [0.2, 0.25) is 0 Å². The Balaban J connectivity index is 1.50. The van der Waals surface area contributed by atoms with E-state index in [0.717, 1.165) is 37.8 Å². The SMILES string of the molecule is CCOc1cc(/C=C2\SC(=O)N(CC(=O)Nc3cc(C(F)(F)F)ccc3OC)C2=O)cc(I)c1OCc1cccc(C)c1. The molecule has 3 amide bonds. The van der Waals surface area contributed by atoms with Crippen LogP contribution in [-0.2, 0) is 22.4 Å². The monoisotopic (exact) mass is 726 g/mol. The number of ether oxygens (including phenoxy) is 3. The summed E-state index contributed by atoms with van der Waals surface area (Å²) in [6.07, 6.45) is -3.14. The molecule has 0 aliphatic carbocycles. The van der Waals surface area contributed by atoms with E-state index in [1.165, 1.54) is 13.2 Å². The first kappa shape index (κ1) is 32.2. The molecule has 0 bridgehead atoms.